The van der Waals surface area contributed by atoms with Gasteiger partial charge in [0.15, 0.2) is 0 Å². The van der Waals surface area contributed by atoms with Gasteiger partial charge in [0.05, 0.1) is 0 Å². The number of hydrogen-bond acceptors (Lipinski definition) is 4. The minimum absolute atomic E-state index is 0.350. The van der Waals surface area contributed by atoms with Crippen LogP contribution in [0.2, 0.25) is 0 Å². The molecule has 0 heterocycles. The van der Waals surface area contributed by atoms with Crippen LogP contribution in [-0.2, 0) is 9.47 Å². The largest absolute Gasteiger partial charge is 0.511 e. The predicted molar refractivity (Wildman–Crippen MR) is 43.9 cm³/mol. The molecule has 0 saturated carbocycles. The molecule has 1 atom stereocenters. The summed E-state index contributed by atoms with van der Waals surface area (Å²) in [4.78, 5) is 20.3. The molecule has 0 aromatic carbocycles. The average Bonchev–Trinajstić information content (AvgIpc) is 2.06. The highest BCUT2D eigenvalue weighted by molar-refractivity contribution is 5.58. The molecule has 78 valence electrons. The van der Waals surface area contributed by atoms with E-state index in [1.165, 1.54) is 6.08 Å². The standard InChI is InChI=1S/C8H10O6/c9-7(10)13-5-1-2-6(4-3-5)14-8(11)12/h1,6H,2-4H2,(H,9,10)(H,11,12). The fourth-order valence-corrected chi connectivity index (χ4v) is 1.24. The van der Waals surface area contributed by atoms with Gasteiger partial charge >= 0.3 is 12.3 Å². The second-order valence-corrected chi connectivity index (χ2v) is 2.82. The Balaban J connectivity index is 2.39. The Labute approximate surface area is 79.7 Å². The Morgan fingerprint density at radius 2 is 2.07 bits per heavy atom. The summed E-state index contributed by atoms with van der Waals surface area (Å²) in [5.74, 6) is 0.350. The summed E-state index contributed by atoms with van der Waals surface area (Å²) in [6.07, 6.45) is -0.344. The Hall–Kier alpha value is -1.72. The molecule has 0 radical (unpaired) electrons. The van der Waals surface area contributed by atoms with Crippen molar-refractivity contribution in [2.75, 3.05) is 0 Å². The summed E-state index contributed by atoms with van der Waals surface area (Å²) in [6, 6.07) is 0. The third-order valence-electron chi connectivity index (χ3n) is 1.81. The smallest absolute Gasteiger partial charge is 0.450 e. The molecular weight excluding hydrogens is 192 g/mol. The summed E-state index contributed by atoms with van der Waals surface area (Å²) in [5, 5.41) is 16.6. The maximum atomic E-state index is 10.2. The van der Waals surface area contributed by atoms with Crippen molar-refractivity contribution >= 4 is 12.3 Å². The molecular formula is C8H10O6. The van der Waals surface area contributed by atoms with Gasteiger partial charge in [-0.15, -0.1) is 0 Å². The first-order valence-corrected chi connectivity index (χ1v) is 4.07. The van der Waals surface area contributed by atoms with Crippen LogP contribution in [0.3, 0.4) is 0 Å². The lowest BCUT2D eigenvalue weighted by atomic mass is 10.0. The van der Waals surface area contributed by atoms with Crippen molar-refractivity contribution in [3.63, 3.8) is 0 Å². The SMILES string of the molecule is O=C(O)OC1=CCC(OC(=O)O)CC1. The van der Waals surface area contributed by atoms with Gasteiger partial charge in [0.2, 0.25) is 0 Å². The van der Waals surface area contributed by atoms with Crippen molar-refractivity contribution < 1.29 is 29.3 Å². The highest BCUT2D eigenvalue weighted by Gasteiger charge is 2.19. The predicted octanol–water partition coefficient (Wildman–Crippen LogP) is 1.81. The third-order valence-corrected chi connectivity index (χ3v) is 1.81. The summed E-state index contributed by atoms with van der Waals surface area (Å²) in [6.45, 7) is 0. The molecule has 0 aromatic rings. The quantitative estimate of drug-likeness (QED) is 0.663. The monoisotopic (exact) mass is 202 g/mol. The first-order chi connectivity index (χ1) is 6.58. The molecule has 1 rings (SSSR count). The highest BCUT2D eigenvalue weighted by Crippen LogP contribution is 2.21. The van der Waals surface area contributed by atoms with E-state index in [1.807, 2.05) is 0 Å². The first-order valence-electron chi connectivity index (χ1n) is 4.07. The maximum absolute atomic E-state index is 10.2. The van der Waals surface area contributed by atoms with Crippen LogP contribution >= 0.6 is 0 Å². The van der Waals surface area contributed by atoms with Gasteiger partial charge < -0.3 is 19.7 Å². The molecule has 0 aromatic heterocycles. The summed E-state index contributed by atoms with van der Waals surface area (Å²) in [5.41, 5.74) is 0. The lowest BCUT2D eigenvalue weighted by Crippen LogP contribution is -2.20. The van der Waals surface area contributed by atoms with Gasteiger partial charge in [-0.25, -0.2) is 9.59 Å². The zero-order chi connectivity index (χ0) is 10.6. The zero-order valence-electron chi connectivity index (χ0n) is 7.30. The number of ether oxygens (including phenoxy) is 2. The topological polar surface area (TPSA) is 93.1 Å². The van der Waals surface area contributed by atoms with Gasteiger partial charge in [0.25, 0.3) is 0 Å². The van der Waals surface area contributed by atoms with E-state index < -0.39 is 18.4 Å². The van der Waals surface area contributed by atoms with Crippen molar-refractivity contribution in [1.82, 2.24) is 0 Å². The minimum Gasteiger partial charge on any atom is -0.450 e. The summed E-state index contributed by atoms with van der Waals surface area (Å²) >= 11 is 0. The fraction of sp³-hybridized carbons (Fsp3) is 0.500. The van der Waals surface area contributed by atoms with E-state index in [0.717, 1.165) is 0 Å². The second-order valence-electron chi connectivity index (χ2n) is 2.82. The molecule has 14 heavy (non-hydrogen) atoms. The molecule has 1 unspecified atom stereocenters. The molecule has 0 aliphatic heterocycles. The van der Waals surface area contributed by atoms with Crippen LogP contribution in [0.5, 0.6) is 0 Å². The van der Waals surface area contributed by atoms with Gasteiger partial charge in [0, 0.05) is 12.8 Å². The molecule has 2 N–H and O–H groups in total. The van der Waals surface area contributed by atoms with Crippen LogP contribution in [0.1, 0.15) is 19.3 Å². The average molecular weight is 202 g/mol. The molecule has 0 amide bonds. The number of allylic oxidation sites excluding steroid dienone is 1. The van der Waals surface area contributed by atoms with E-state index in [-0.39, 0.29) is 0 Å². The first kappa shape index (κ1) is 10.4. The van der Waals surface area contributed by atoms with Gasteiger partial charge in [0.1, 0.15) is 11.9 Å². The lowest BCUT2D eigenvalue weighted by Gasteiger charge is -2.19. The Morgan fingerprint density at radius 3 is 2.50 bits per heavy atom. The van der Waals surface area contributed by atoms with Crippen molar-refractivity contribution in [2.24, 2.45) is 0 Å². The molecule has 0 spiro atoms. The van der Waals surface area contributed by atoms with Crippen LogP contribution in [0, 0.1) is 0 Å². The van der Waals surface area contributed by atoms with Gasteiger partial charge in [-0.3, -0.25) is 0 Å². The van der Waals surface area contributed by atoms with Crippen LogP contribution < -0.4 is 0 Å². The third kappa shape index (κ3) is 3.34. The van der Waals surface area contributed by atoms with E-state index in [2.05, 4.69) is 9.47 Å². The number of hydrogen-bond donors (Lipinski definition) is 2. The van der Waals surface area contributed by atoms with E-state index in [1.54, 1.807) is 0 Å². The normalized spacial score (nSPS) is 20.9. The van der Waals surface area contributed by atoms with E-state index >= 15 is 0 Å². The highest BCUT2D eigenvalue weighted by atomic mass is 16.7. The molecule has 0 saturated heterocycles. The number of carboxylic acid groups (broad SMARTS) is 2. The Morgan fingerprint density at radius 1 is 1.36 bits per heavy atom. The molecule has 1 aliphatic carbocycles. The number of rotatable bonds is 2. The van der Waals surface area contributed by atoms with E-state index in [9.17, 15) is 9.59 Å². The van der Waals surface area contributed by atoms with Crippen LogP contribution in [0.25, 0.3) is 0 Å². The van der Waals surface area contributed by atoms with Crippen LogP contribution in [0.15, 0.2) is 11.8 Å². The maximum Gasteiger partial charge on any atom is 0.511 e. The lowest BCUT2D eigenvalue weighted by molar-refractivity contribution is 0.0425. The summed E-state index contributed by atoms with van der Waals surface area (Å²) < 4.78 is 8.93. The Kier molecular flexibility index (Phi) is 3.33. The fourth-order valence-electron chi connectivity index (χ4n) is 1.24. The van der Waals surface area contributed by atoms with E-state index in [0.29, 0.717) is 25.0 Å². The number of carbonyl (C=O) groups is 2. The molecule has 1 aliphatic rings. The van der Waals surface area contributed by atoms with Crippen molar-refractivity contribution in [2.45, 2.75) is 25.4 Å². The van der Waals surface area contributed by atoms with Gasteiger partial charge in [-0.05, 0) is 12.5 Å². The molecule has 0 bridgehead atoms. The van der Waals surface area contributed by atoms with Gasteiger partial charge in [-0.1, -0.05) is 0 Å². The summed E-state index contributed by atoms with van der Waals surface area (Å²) in [7, 11) is 0. The molecule has 6 heteroatoms. The van der Waals surface area contributed by atoms with Crippen molar-refractivity contribution in [1.29, 1.82) is 0 Å². The zero-order valence-corrected chi connectivity index (χ0v) is 7.30. The molecule has 0 fully saturated rings. The molecule has 6 nitrogen and oxygen atoms in total. The van der Waals surface area contributed by atoms with Gasteiger partial charge in [-0.2, -0.15) is 0 Å². The van der Waals surface area contributed by atoms with Crippen molar-refractivity contribution in [3.05, 3.63) is 11.8 Å². The van der Waals surface area contributed by atoms with Crippen LogP contribution in [0.4, 0.5) is 9.59 Å². The minimum atomic E-state index is -1.35. The van der Waals surface area contributed by atoms with Crippen LogP contribution in [-0.4, -0.2) is 28.6 Å². The van der Waals surface area contributed by atoms with Crippen molar-refractivity contribution in [3.8, 4) is 0 Å². The van der Waals surface area contributed by atoms with E-state index in [4.69, 9.17) is 10.2 Å². The Bertz CT molecular complexity index is 269. The second kappa shape index (κ2) is 4.50.